The summed E-state index contributed by atoms with van der Waals surface area (Å²) in [7, 11) is 0. The fourth-order valence-electron chi connectivity index (χ4n) is 3.30. The minimum absolute atomic E-state index is 0.290. The highest BCUT2D eigenvalue weighted by molar-refractivity contribution is 5.91. The maximum atomic E-state index is 14.5. The summed E-state index contributed by atoms with van der Waals surface area (Å²) in [5.74, 6) is -5.49. The first-order chi connectivity index (χ1) is 17.3. The highest BCUT2D eigenvalue weighted by Gasteiger charge is 2.17. The van der Waals surface area contributed by atoms with E-state index in [9.17, 15) is 22.4 Å². The topological polar surface area (TPSA) is 59.3 Å². The van der Waals surface area contributed by atoms with Gasteiger partial charge in [-0.15, -0.1) is 0 Å². The lowest BCUT2D eigenvalue weighted by atomic mass is 10.1. The minimum Gasteiger partial charge on any atom is -0.423 e. The van der Waals surface area contributed by atoms with Crippen LogP contribution in [0.2, 0.25) is 0 Å². The Balaban J connectivity index is 1.65. The number of hydrogen-bond donors (Lipinski definition) is 0. The maximum Gasteiger partial charge on any atom is 0.346 e. The summed E-state index contributed by atoms with van der Waals surface area (Å²) in [5.41, 5.74) is 0.0589. The van der Waals surface area contributed by atoms with Crippen molar-refractivity contribution in [2.75, 3.05) is 6.61 Å². The van der Waals surface area contributed by atoms with Crippen molar-refractivity contribution in [1.29, 1.82) is 5.26 Å². The van der Waals surface area contributed by atoms with E-state index in [4.69, 9.17) is 14.7 Å². The van der Waals surface area contributed by atoms with E-state index in [2.05, 4.69) is 6.92 Å². The molecule has 186 valence electrons. The third-order valence-electron chi connectivity index (χ3n) is 5.23. The summed E-state index contributed by atoms with van der Waals surface area (Å²) < 4.78 is 66.7. The number of unbranched alkanes of at least 4 members (excludes halogenated alkanes) is 2. The van der Waals surface area contributed by atoms with Crippen molar-refractivity contribution in [3.63, 3.8) is 0 Å². The minimum atomic E-state index is -1.21. The lowest BCUT2D eigenvalue weighted by Gasteiger charge is -2.07. The number of halogens is 4. The molecule has 0 radical (unpaired) electrons. The predicted molar refractivity (Wildman–Crippen MR) is 127 cm³/mol. The zero-order valence-electron chi connectivity index (χ0n) is 19.5. The molecule has 0 fully saturated rings. The Bertz CT molecular complexity index is 1290. The summed E-state index contributed by atoms with van der Waals surface area (Å²) in [4.78, 5) is 12.3. The second-order valence-corrected chi connectivity index (χ2v) is 7.95. The molecule has 0 aliphatic heterocycles. The number of nitrogens with zero attached hydrogens (tertiary/aromatic N) is 1. The van der Waals surface area contributed by atoms with E-state index in [1.54, 1.807) is 12.1 Å². The third-order valence-corrected chi connectivity index (χ3v) is 5.23. The van der Waals surface area contributed by atoms with Gasteiger partial charge in [-0.3, -0.25) is 0 Å². The zero-order valence-corrected chi connectivity index (χ0v) is 19.5. The maximum absolute atomic E-state index is 14.5. The van der Waals surface area contributed by atoms with Crippen molar-refractivity contribution in [3.8, 4) is 11.8 Å². The lowest BCUT2D eigenvalue weighted by Crippen LogP contribution is -2.11. The van der Waals surface area contributed by atoms with Gasteiger partial charge < -0.3 is 9.47 Å². The molecule has 0 bridgehead atoms. The van der Waals surface area contributed by atoms with Crippen LogP contribution in [-0.4, -0.2) is 12.6 Å². The summed E-state index contributed by atoms with van der Waals surface area (Å²) in [6.07, 6.45) is 6.08. The number of carbonyl (C=O) groups excluding carboxylic acids is 1. The largest absolute Gasteiger partial charge is 0.423 e. The van der Waals surface area contributed by atoms with Crippen molar-refractivity contribution in [2.24, 2.45) is 0 Å². The molecule has 36 heavy (non-hydrogen) atoms. The number of nitriles is 1. The zero-order chi connectivity index (χ0) is 26.1. The molecule has 3 rings (SSSR count). The fraction of sp³-hybridized carbons (Fsp3) is 0.214. The lowest BCUT2D eigenvalue weighted by molar-refractivity contribution is 0.0729. The Morgan fingerprint density at radius 2 is 1.67 bits per heavy atom. The van der Waals surface area contributed by atoms with E-state index < -0.39 is 46.1 Å². The average Bonchev–Trinajstić information content (AvgIpc) is 2.83. The Morgan fingerprint density at radius 1 is 0.917 bits per heavy atom. The first kappa shape index (κ1) is 26.6. The molecular formula is C28H23F4NO3. The number of carbonyl (C=O) groups is 1. The van der Waals surface area contributed by atoms with E-state index in [0.29, 0.717) is 42.0 Å². The van der Waals surface area contributed by atoms with Crippen LogP contribution < -0.4 is 4.74 Å². The Labute approximate surface area is 206 Å². The molecule has 0 aliphatic rings. The van der Waals surface area contributed by atoms with Gasteiger partial charge in [0.2, 0.25) is 0 Å². The smallest absolute Gasteiger partial charge is 0.346 e. The number of rotatable bonds is 10. The van der Waals surface area contributed by atoms with Crippen LogP contribution in [-0.2, 0) is 11.3 Å². The normalized spacial score (nSPS) is 11.0. The molecule has 0 aliphatic carbocycles. The number of ether oxygens (including phenoxy) is 2. The molecule has 0 amide bonds. The Kier molecular flexibility index (Phi) is 9.37. The van der Waals surface area contributed by atoms with Crippen LogP contribution in [0.5, 0.6) is 5.75 Å². The van der Waals surface area contributed by atoms with Crippen LogP contribution in [0.15, 0.2) is 48.5 Å². The van der Waals surface area contributed by atoms with Gasteiger partial charge in [0.15, 0.2) is 0 Å². The molecular weight excluding hydrogens is 474 g/mol. The highest BCUT2D eigenvalue weighted by atomic mass is 19.1. The Morgan fingerprint density at radius 3 is 2.31 bits per heavy atom. The average molecular weight is 497 g/mol. The molecule has 0 heterocycles. The quantitative estimate of drug-likeness (QED) is 0.0976. The van der Waals surface area contributed by atoms with Gasteiger partial charge in [-0.1, -0.05) is 50.1 Å². The Hall–Kier alpha value is -3.96. The molecule has 0 atom stereocenters. The van der Waals surface area contributed by atoms with Gasteiger partial charge in [-0.25, -0.2) is 22.4 Å². The second kappa shape index (κ2) is 12.7. The summed E-state index contributed by atoms with van der Waals surface area (Å²) in [6.45, 7) is 3.03. The van der Waals surface area contributed by atoms with E-state index in [1.165, 1.54) is 30.4 Å². The van der Waals surface area contributed by atoms with E-state index >= 15 is 0 Å². The van der Waals surface area contributed by atoms with Crippen LogP contribution in [0.1, 0.15) is 58.8 Å². The molecule has 4 nitrogen and oxygen atoms in total. The van der Waals surface area contributed by atoms with Crippen molar-refractivity contribution < 1.29 is 31.8 Å². The van der Waals surface area contributed by atoms with Gasteiger partial charge in [0.1, 0.15) is 40.7 Å². The van der Waals surface area contributed by atoms with Gasteiger partial charge in [-0.05, 0) is 35.7 Å². The molecule has 0 aromatic heterocycles. The molecule has 0 spiro atoms. The molecule has 0 N–H and O–H groups in total. The standard InChI is InChI=1S/C28H23F4NO3/c1-2-3-4-11-35-17-19-6-9-20(24(29)13-19)8-5-18-7-10-22(25(30)12-18)28(34)36-21-14-26(31)23(16-33)27(32)15-21/h5-10,12-15H,2-4,11,17H2,1H3/b8-5+. The van der Waals surface area contributed by atoms with E-state index in [1.807, 2.05) is 0 Å². The summed E-state index contributed by atoms with van der Waals surface area (Å²) in [5, 5.41) is 8.69. The number of hydrogen-bond acceptors (Lipinski definition) is 4. The first-order valence-electron chi connectivity index (χ1n) is 11.3. The van der Waals surface area contributed by atoms with Crippen LogP contribution in [0.4, 0.5) is 17.6 Å². The summed E-state index contributed by atoms with van der Waals surface area (Å²) in [6, 6.07) is 11.0. The molecule has 3 aromatic rings. The van der Waals surface area contributed by atoms with E-state index in [-0.39, 0.29) is 0 Å². The highest BCUT2D eigenvalue weighted by Crippen LogP contribution is 2.22. The summed E-state index contributed by atoms with van der Waals surface area (Å²) >= 11 is 0. The fourth-order valence-corrected chi connectivity index (χ4v) is 3.30. The first-order valence-corrected chi connectivity index (χ1v) is 11.3. The van der Waals surface area contributed by atoms with Crippen LogP contribution in [0, 0.1) is 34.6 Å². The van der Waals surface area contributed by atoms with Crippen molar-refractivity contribution in [2.45, 2.75) is 32.8 Å². The van der Waals surface area contributed by atoms with Crippen LogP contribution in [0.25, 0.3) is 12.2 Å². The van der Waals surface area contributed by atoms with Gasteiger partial charge >= 0.3 is 5.97 Å². The van der Waals surface area contributed by atoms with Crippen LogP contribution in [0.3, 0.4) is 0 Å². The molecule has 0 saturated carbocycles. The second-order valence-electron chi connectivity index (χ2n) is 7.95. The molecule has 0 saturated heterocycles. The SMILES string of the molecule is CCCCCOCc1ccc(/C=C/c2ccc(C(=O)Oc3cc(F)c(C#N)c(F)c3)c(F)c2)c(F)c1. The van der Waals surface area contributed by atoms with Crippen molar-refractivity contribution in [3.05, 3.63) is 99.6 Å². The van der Waals surface area contributed by atoms with Gasteiger partial charge in [0.25, 0.3) is 0 Å². The predicted octanol–water partition coefficient (Wildman–Crippen LogP) is 7.21. The van der Waals surface area contributed by atoms with E-state index in [0.717, 1.165) is 31.4 Å². The van der Waals surface area contributed by atoms with Crippen LogP contribution >= 0.6 is 0 Å². The van der Waals surface area contributed by atoms with Gasteiger partial charge in [0.05, 0.1) is 12.2 Å². The van der Waals surface area contributed by atoms with Crippen molar-refractivity contribution in [1.82, 2.24) is 0 Å². The molecule has 0 unspecified atom stereocenters. The third kappa shape index (κ3) is 7.03. The van der Waals surface area contributed by atoms with Gasteiger partial charge in [0, 0.05) is 24.3 Å². The monoisotopic (exact) mass is 497 g/mol. The molecule has 3 aromatic carbocycles. The molecule has 8 heteroatoms. The number of benzene rings is 3. The van der Waals surface area contributed by atoms with Crippen molar-refractivity contribution >= 4 is 18.1 Å². The van der Waals surface area contributed by atoms with Gasteiger partial charge in [-0.2, -0.15) is 5.26 Å². The number of esters is 1.